The molecular formula is C8H12N4O4. The Morgan fingerprint density at radius 2 is 2.50 bits per heavy atom. The summed E-state index contributed by atoms with van der Waals surface area (Å²) in [5.74, 6) is -0.362. The van der Waals surface area contributed by atoms with Gasteiger partial charge in [0.05, 0.1) is 11.5 Å². The predicted molar refractivity (Wildman–Crippen MR) is 53.6 cm³/mol. The molecule has 0 bridgehead atoms. The molecule has 0 aromatic carbocycles. The molecule has 1 aromatic rings. The third kappa shape index (κ3) is 3.31. The molecule has 1 amide bonds. The normalized spacial score (nSPS) is 12.1. The first-order valence-corrected chi connectivity index (χ1v) is 4.60. The molecule has 8 heteroatoms. The number of hydrogen-bond acceptors (Lipinski definition) is 5. The van der Waals surface area contributed by atoms with Crippen molar-refractivity contribution in [3.05, 3.63) is 22.5 Å². The van der Waals surface area contributed by atoms with E-state index in [-0.39, 0.29) is 30.8 Å². The van der Waals surface area contributed by atoms with Crippen molar-refractivity contribution in [2.45, 2.75) is 19.5 Å². The third-order valence-corrected chi connectivity index (χ3v) is 1.82. The van der Waals surface area contributed by atoms with Gasteiger partial charge in [-0.05, 0) is 6.92 Å². The van der Waals surface area contributed by atoms with E-state index < -0.39 is 4.92 Å². The summed E-state index contributed by atoms with van der Waals surface area (Å²) < 4.78 is 1.16. The second kappa shape index (κ2) is 5.21. The topological polar surface area (TPSA) is 110 Å². The molecule has 1 rings (SSSR count). The standard InChI is InChI=1S/C8H12N4O4/c1-6(5-13)10-8(14)4-11-3-7(2-9-11)12(15)16/h2-3,6,13H,4-5H2,1H3,(H,10,14). The zero-order valence-electron chi connectivity index (χ0n) is 8.66. The van der Waals surface area contributed by atoms with Gasteiger partial charge in [0.15, 0.2) is 0 Å². The molecule has 0 saturated carbocycles. The Bertz CT molecular complexity index is 389. The molecule has 0 fully saturated rings. The van der Waals surface area contributed by atoms with E-state index >= 15 is 0 Å². The van der Waals surface area contributed by atoms with Crippen molar-refractivity contribution in [1.82, 2.24) is 15.1 Å². The number of aliphatic hydroxyl groups is 1. The summed E-state index contributed by atoms with van der Waals surface area (Å²) in [6, 6.07) is -0.349. The van der Waals surface area contributed by atoms with Gasteiger partial charge in [0, 0.05) is 6.04 Å². The minimum atomic E-state index is -0.586. The van der Waals surface area contributed by atoms with Gasteiger partial charge in [0.25, 0.3) is 0 Å². The molecule has 1 aromatic heterocycles. The summed E-state index contributed by atoms with van der Waals surface area (Å²) in [4.78, 5) is 21.1. The lowest BCUT2D eigenvalue weighted by molar-refractivity contribution is -0.385. The lowest BCUT2D eigenvalue weighted by Crippen LogP contribution is -2.37. The Labute approximate surface area is 91.0 Å². The summed E-state index contributed by atoms with van der Waals surface area (Å²) in [6.07, 6.45) is 2.24. The average molecular weight is 228 g/mol. The van der Waals surface area contributed by atoms with Crippen LogP contribution in [0.1, 0.15) is 6.92 Å². The van der Waals surface area contributed by atoms with Crippen molar-refractivity contribution in [3.63, 3.8) is 0 Å². The predicted octanol–water partition coefficient (Wildman–Crippen LogP) is -0.712. The fourth-order valence-corrected chi connectivity index (χ4v) is 1.05. The zero-order valence-corrected chi connectivity index (χ0v) is 8.66. The summed E-state index contributed by atoms with van der Waals surface area (Å²) in [7, 11) is 0. The van der Waals surface area contributed by atoms with Crippen LogP contribution in [-0.4, -0.2) is 38.4 Å². The Kier molecular flexibility index (Phi) is 3.95. The monoisotopic (exact) mass is 228 g/mol. The zero-order chi connectivity index (χ0) is 12.1. The van der Waals surface area contributed by atoms with Gasteiger partial charge in [-0.3, -0.25) is 19.6 Å². The quantitative estimate of drug-likeness (QED) is 0.510. The maximum atomic E-state index is 11.3. The van der Waals surface area contributed by atoms with E-state index in [0.717, 1.165) is 10.9 Å². The van der Waals surface area contributed by atoms with Crippen LogP contribution in [0.2, 0.25) is 0 Å². The average Bonchev–Trinajstić information content (AvgIpc) is 2.65. The maximum absolute atomic E-state index is 11.3. The van der Waals surface area contributed by atoms with Crippen LogP contribution < -0.4 is 5.32 Å². The molecule has 88 valence electrons. The number of nitrogens with zero attached hydrogens (tertiary/aromatic N) is 3. The van der Waals surface area contributed by atoms with Crippen LogP contribution in [0.5, 0.6) is 0 Å². The lowest BCUT2D eigenvalue weighted by Gasteiger charge is -2.10. The SMILES string of the molecule is CC(CO)NC(=O)Cn1cc([N+](=O)[O-])cn1. The summed E-state index contributed by atoms with van der Waals surface area (Å²) in [6.45, 7) is 1.37. The van der Waals surface area contributed by atoms with Gasteiger partial charge >= 0.3 is 5.69 Å². The largest absolute Gasteiger partial charge is 0.394 e. The second-order valence-electron chi connectivity index (χ2n) is 3.30. The van der Waals surface area contributed by atoms with Crippen LogP contribution >= 0.6 is 0 Å². The highest BCUT2D eigenvalue weighted by atomic mass is 16.6. The Balaban J connectivity index is 2.53. The van der Waals surface area contributed by atoms with Gasteiger partial charge in [-0.25, -0.2) is 0 Å². The minimum Gasteiger partial charge on any atom is -0.394 e. The van der Waals surface area contributed by atoms with E-state index in [2.05, 4.69) is 10.4 Å². The van der Waals surface area contributed by atoms with E-state index in [1.165, 1.54) is 6.20 Å². The molecule has 0 aliphatic carbocycles. The summed E-state index contributed by atoms with van der Waals surface area (Å²) in [5, 5.41) is 25.2. The molecule has 1 atom stereocenters. The van der Waals surface area contributed by atoms with Gasteiger partial charge in [-0.15, -0.1) is 0 Å². The number of carbonyl (C=O) groups excluding carboxylic acids is 1. The van der Waals surface area contributed by atoms with Crippen molar-refractivity contribution >= 4 is 11.6 Å². The van der Waals surface area contributed by atoms with Crippen LogP contribution in [0.4, 0.5) is 5.69 Å². The number of aliphatic hydroxyl groups excluding tert-OH is 1. The van der Waals surface area contributed by atoms with Gasteiger partial charge < -0.3 is 10.4 Å². The molecule has 16 heavy (non-hydrogen) atoms. The fourth-order valence-electron chi connectivity index (χ4n) is 1.05. The Morgan fingerprint density at radius 1 is 1.81 bits per heavy atom. The first-order chi connectivity index (χ1) is 7.52. The highest BCUT2D eigenvalue weighted by molar-refractivity contribution is 5.75. The van der Waals surface area contributed by atoms with Gasteiger partial charge in [-0.1, -0.05) is 0 Å². The molecular weight excluding hydrogens is 216 g/mol. The number of carbonyl (C=O) groups is 1. The van der Waals surface area contributed by atoms with Crippen molar-refractivity contribution in [2.75, 3.05) is 6.61 Å². The van der Waals surface area contributed by atoms with Crippen molar-refractivity contribution in [1.29, 1.82) is 0 Å². The molecule has 1 unspecified atom stereocenters. The van der Waals surface area contributed by atoms with Crippen LogP contribution in [0.15, 0.2) is 12.4 Å². The first-order valence-electron chi connectivity index (χ1n) is 4.60. The number of aromatic nitrogens is 2. The van der Waals surface area contributed by atoms with E-state index in [0.29, 0.717) is 0 Å². The molecule has 0 aliphatic rings. The van der Waals surface area contributed by atoms with E-state index in [4.69, 9.17) is 5.11 Å². The second-order valence-corrected chi connectivity index (χ2v) is 3.30. The molecule has 0 spiro atoms. The molecule has 8 nitrogen and oxygen atoms in total. The van der Waals surface area contributed by atoms with E-state index in [1.54, 1.807) is 6.92 Å². The molecule has 1 heterocycles. The van der Waals surface area contributed by atoms with Crippen molar-refractivity contribution in [2.24, 2.45) is 0 Å². The smallest absolute Gasteiger partial charge is 0.307 e. The van der Waals surface area contributed by atoms with Crippen LogP contribution in [0.3, 0.4) is 0 Å². The lowest BCUT2D eigenvalue weighted by atomic mass is 10.3. The van der Waals surface area contributed by atoms with Crippen LogP contribution in [-0.2, 0) is 11.3 Å². The third-order valence-electron chi connectivity index (χ3n) is 1.82. The van der Waals surface area contributed by atoms with E-state index in [1.807, 2.05) is 0 Å². The van der Waals surface area contributed by atoms with Crippen molar-refractivity contribution < 1.29 is 14.8 Å². The minimum absolute atomic E-state index is 0.113. The van der Waals surface area contributed by atoms with Gasteiger partial charge in [-0.2, -0.15) is 5.10 Å². The number of amides is 1. The highest BCUT2D eigenvalue weighted by Crippen LogP contribution is 2.07. The number of hydrogen-bond donors (Lipinski definition) is 2. The number of rotatable bonds is 5. The molecule has 2 N–H and O–H groups in total. The van der Waals surface area contributed by atoms with Crippen LogP contribution in [0.25, 0.3) is 0 Å². The first kappa shape index (κ1) is 12.1. The van der Waals surface area contributed by atoms with E-state index in [9.17, 15) is 14.9 Å². The summed E-state index contributed by atoms with van der Waals surface area (Å²) >= 11 is 0. The molecule has 0 radical (unpaired) electrons. The Morgan fingerprint density at radius 3 is 3.00 bits per heavy atom. The van der Waals surface area contributed by atoms with Crippen molar-refractivity contribution in [3.8, 4) is 0 Å². The fraction of sp³-hybridized carbons (Fsp3) is 0.500. The Hall–Kier alpha value is -1.96. The van der Waals surface area contributed by atoms with Crippen LogP contribution in [0, 0.1) is 10.1 Å². The molecule has 0 aliphatic heterocycles. The van der Waals surface area contributed by atoms with Gasteiger partial charge in [0.2, 0.25) is 5.91 Å². The number of nitrogens with one attached hydrogen (secondary N) is 1. The highest BCUT2D eigenvalue weighted by Gasteiger charge is 2.12. The molecule has 0 saturated heterocycles. The number of nitro groups is 1. The maximum Gasteiger partial charge on any atom is 0.307 e. The van der Waals surface area contributed by atoms with Gasteiger partial charge in [0.1, 0.15) is 18.9 Å². The summed E-state index contributed by atoms with van der Waals surface area (Å²) in [5.41, 5.74) is -0.164.